The van der Waals surface area contributed by atoms with Gasteiger partial charge in [0.05, 0.1) is 12.1 Å². The number of nitrogens with zero attached hydrogens (tertiary/aromatic N) is 1. The minimum atomic E-state index is 0.265. The first kappa shape index (κ1) is 13.8. The van der Waals surface area contributed by atoms with Crippen LogP contribution in [-0.2, 0) is 0 Å². The van der Waals surface area contributed by atoms with Crippen molar-refractivity contribution >= 4 is 11.6 Å². The van der Waals surface area contributed by atoms with Crippen molar-refractivity contribution in [2.75, 3.05) is 14.2 Å². The molecule has 4 heteroatoms. The molecule has 1 aromatic heterocycles. The van der Waals surface area contributed by atoms with Gasteiger partial charge in [0.25, 0.3) is 0 Å². The zero-order valence-electron chi connectivity index (χ0n) is 11.3. The highest BCUT2D eigenvalue weighted by molar-refractivity contribution is 6.32. The summed E-state index contributed by atoms with van der Waals surface area (Å²) in [7, 11) is 3.54. The van der Waals surface area contributed by atoms with Crippen molar-refractivity contribution in [3.8, 4) is 16.9 Å². The molecule has 0 saturated heterocycles. The summed E-state index contributed by atoms with van der Waals surface area (Å²) in [5.74, 6) is 0.679. The van der Waals surface area contributed by atoms with Crippen LogP contribution in [-0.4, -0.2) is 19.1 Å². The predicted molar refractivity (Wildman–Crippen MR) is 78.7 cm³/mol. The van der Waals surface area contributed by atoms with Crippen LogP contribution in [0.2, 0.25) is 5.02 Å². The average molecular weight is 277 g/mol. The second kappa shape index (κ2) is 6.04. The summed E-state index contributed by atoms with van der Waals surface area (Å²) >= 11 is 6.15. The second-order valence-electron chi connectivity index (χ2n) is 4.37. The Balaban J connectivity index is 2.39. The molecular weight excluding hydrogens is 260 g/mol. The van der Waals surface area contributed by atoms with Crippen LogP contribution in [0.5, 0.6) is 5.75 Å². The average Bonchev–Trinajstić information content (AvgIpc) is 2.46. The Morgan fingerprint density at radius 3 is 2.63 bits per heavy atom. The number of hydrogen-bond donors (Lipinski definition) is 1. The summed E-state index contributed by atoms with van der Waals surface area (Å²) in [6, 6.07) is 8.13. The van der Waals surface area contributed by atoms with Gasteiger partial charge in [0.15, 0.2) is 0 Å². The topological polar surface area (TPSA) is 34.2 Å². The van der Waals surface area contributed by atoms with E-state index >= 15 is 0 Å². The van der Waals surface area contributed by atoms with Crippen LogP contribution < -0.4 is 10.1 Å². The Morgan fingerprint density at radius 2 is 2.00 bits per heavy atom. The van der Waals surface area contributed by atoms with Crippen molar-refractivity contribution in [1.29, 1.82) is 0 Å². The summed E-state index contributed by atoms with van der Waals surface area (Å²) in [6.07, 6.45) is 3.71. The fourth-order valence-corrected chi connectivity index (χ4v) is 2.12. The molecular formula is C15H17ClN2O. The number of methoxy groups -OCH3 is 1. The lowest BCUT2D eigenvalue weighted by Crippen LogP contribution is -2.12. The molecule has 1 aromatic carbocycles. The summed E-state index contributed by atoms with van der Waals surface area (Å²) in [6.45, 7) is 2.10. The molecule has 1 atom stereocenters. The normalized spacial score (nSPS) is 12.2. The summed E-state index contributed by atoms with van der Waals surface area (Å²) in [5.41, 5.74) is 3.22. The van der Waals surface area contributed by atoms with Crippen molar-refractivity contribution in [3.05, 3.63) is 47.2 Å². The van der Waals surface area contributed by atoms with Gasteiger partial charge < -0.3 is 10.1 Å². The van der Waals surface area contributed by atoms with E-state index in [0.29, 0.717) is 10.8 Å². The van der Waals surface area contributed by atoms with E-state index in [2.05, 4.69) is 23.3 Å². The maximum Gasteiger partial charge on any atom is 0.137 e. The van der Waals surface area contributed by atoms with Crippen LogP contribution in [0, 0.1) is 0 Å². The van der Waals surface area contributed by atoms with Gasteiger partial charge in [-0.05, 0) is 43.3 Å². The zero-order chi connectivity index (χ0) is 13.8. The monoisotopic (exact) mass is 276 g/mol. The van der Waals surface area contributed by atoms with E-state index in [1.165, 1.54) is 0 Å². The Kier molecular flexibility index (Phi) is 4.40. The predicted octanol–water partition coefficient (Wildman–Crippen LogP) is 3.69. The molecule has 0 aliphatic carbocycles. The summed E-state index contributed by atoms with van der Waals surface area (Å²) < 4.78 is 5.16. The molecule has 2 aromatic rings. The lowest BCUT2D eigenvalue weighted by atomic mass is 10.0. The molecule has 0 radical (unpaired) electrons. The molecule has 0 amide bonds. The third kappa shape index (κ3) is 3.06. The van der Waals surface area contributed by atoms with Crippen LogP contribution >= 0.6 is 11.6 Å². The molecule has 0 aliphatic heterocycles. The first-order chi connectivity index (χ1) is 9.15. The first-order valence-corrected chi connectivity index (χ1v) is 6.49. The number of nitrogens with one attached hydrogen (secondary N) is 1. The fraction of sp³-hybridized carbons (Fsp3) is 0.267. The number of rotatable bonds is 4. The molecule has 0 aliphatic rings. The number of ether oxygens (including phenoxy) is 1. The number of aromatic nitrogens is 1. The molecule has 3 nitrogen and oxygen atoms in total. The van der Waals surface area contributed by atoms with E-state index in [1.54, 1.807) is 7.11 Å². The molecule has 0 spiro atoms. The largest absolute Gasteiger partial charge is 0.495 e. The van der Waals surface area contributed by atoms with Crippen LogP contribution in [0.15, 0.2) is 36.7 Å². The van der Waals surface area contributed by atoms with Gasteiger partial charge in [-0.15, -0.1) is 0 Å². The highest BCUT2D eigenvalue weighted by Gasteiger charge is 2.07. The molecule has 2 rings (SSSR count). The van der Waals surface area contributed by atoms with Gasteiger partial charge in [-0.3, -0.25) is 4.98 Å². The van der Waals surface area contributed by atoms with Crippen LogP contribution in [0.1, 0.15) is 18.5 Å². The van der Waals surface area contributed by atoms with Crippen molar-refractivity contribution in [2.45, 2.75) is 13.0 Å². The van der Waals surface area contributed by atoms with Gasteiger partial charge in [0.2, 0.25) is 0 Å². The standard InChI is InChI=1S/C15H17ClN2O/c1-10(17-2)12-6-13(9-18-8-12)11-4-5-15(19-3)14(16)7-11/h4-10,17H,1-3H3. The molecule has 1 unspecified atom stereocenters. The van der Waals surface area contributed by atoms with Crippen LogP contribution in [0.3, 0.4) is 0 Å². The van der Waals surface area contributed by atoms with Crippen LogP contribution in [0.25, 0.3) is 11.1 Å². The fourth-order valence-electron chi connectivity index (χ4n) is 1.87. The number of halogens is 1. The third-order valence-corrected chi connectivity index (χ3v) is 3.47. The van der Waals surface area contributed by atoms with E-state index in [-0.39, 0.29) is 6.04 Å². The molecule has 19 heavy (non-hydrogen) atoms. The minimum Gasteiger partial charge on any atom is -0.495 e. The number of hydrogen-bond acceptors (Lipinski definition) is 3. The summed E-state index contributed by atoms with van der Waals surface area (Å²) in [5, 5.41) is 3.81. The van der Waals surface area contributed by atoms with Crippen molar-refractivity contribution in [2.24, 2.45) is 0 Å². The van der Waals surface area contributed by atoms with E-state index in [9.17, 15) is 0 Å². The van der Waals surface area contributed by atoms with Crippen LogP contribution in [0.4, 0.5) is 0 Å². The quantitative estimate of drug-likeness (QED) is 0.925. The Bertz CT molecular complexity index is 572. The highest BCUT2D eigenvalue weighted by Crippen LogP contribution is 2.30. The number of pyridine rings is 1. The van der Waals surface area contributed by atoms with E-state index in [0.717, 1.165) is 16.7 Å². The Labute approximate surface area is 118 Å². The second-order valence-corrected chi connectivity index (χ2v) is 4.77. The third-order valence-electron chi connectivity index (χ3n) is 3.18. The van der Waals surface area contributed by atoms with Gasteiger partial charge in [0.1, 0.15) is 5.75 Å². The first-order valence-electron chi connectivity index (χ1n) is 6.12. The van der Waals surface area contributed by atoms with Crippen molar-refractivity contribution in [1.82, 2.24) is 10.3 Å². The van der Waals surface area contributed by atoms with Gasteiger partial charge in [-0.25, -0.2) is 0 Å². The maximum absolute atomic E-state index is 6.15. The number of benzene rings is 1. The summed E-state index contributed by atoms with van der Waals surface area (Å²) in [4.78, 5) is 4.29. The zero-order valence-corrected chi connectivity index (χ0v) is 12.0. The van der Waals surface area contributed by atoms with E-state index in [1.807, 2.05) is 37.6 Å². The molecule has 100 valence electrons. The molecule has 0 bridgehead atoms. The van der Waals surface area contributed by atoms with Crippen molar-refractivity contribution < 1.29 is 4.74 Å². The van der Waals surface area contributed by atoms with Gasteiger partial charge >= 0.3 is 0 Å². The van der Waals surface area contributed by atoms with Gasteiger partial charge in [-0.2, -0.15) is 0 Å². The SMILES string of the molecule is CNC(C)c1cncc(-c2ccc(OC)c(Cl)c2)c1. The molecule has 0 fully saturated rings. The molecule has 1 heterocycles. The van der Waals surface area contributed by atoms with Gasteiger partial charge in [0, 0.05) is 24.0 Å². The van der Waals surface area contributed by atoms with Gasteiger partial charge in [-0.1, -0.05) is 17.7 Å². The lowest BCUT2D eigenvalue weighted by Gasteiger charge is -2.12. The van der Waals surface area contributed by atoms with E-state index in [4.69, 9.17) is 16.3 Å². The van der Waals surface area contributed by atoms with Crippen molar-refractivity contribution in [3.63, 3.8) is 0 Å². The molecule has 0 saturated carbocycles. The lowest BCUT2D eigenvalue weighted by molar-refractivity contribution is 0.415. The maximum atomic E-state index is 6.15. The minimum absolute atomic E-state index is 0.265. The molecule has 1 N–H and O–H groups in total. The Morgan fingerprint density at radius 1 is 1.21 bits per heavy atom. The smallest absolute Gasteiger partial charge is 0.137 e. The highest BCUT2D eigenvalue weighted by atomic mass is 35.5. The van der Waals surface area contributed by atoms with E-state index < -0.39 is 0 Å². The Hall–Kier alpha value is -1.58.